The first-order valence-corrected chi connectivity index (χ1v) is 14.5. The molecule has 11 heteroatoms. The zero-order chi connectivity index (χ0) is 32.7. The molecule has 3 rings (SSSR count). The Morgan fingerprint density at radius 3 is 1.91 bits per heavy atom. The quantitative estimate of drug-likeness (QED) is 0.221. The first-order valence-electron chi connectivity index (χ1n) is 14.5. The summed E-state index contributed by atoms with van der Waals surface area (Å²) in [5.41, 5.74) is -0.448. The Balaban J connectivity index is 2.15. The number of fused-ring (bicyclic) bond motifs is 1. The number of ether oxygens (including phenoxy) is 8. The summed E-state index contributed by atoms with van der Waals surface area (Å²) in [6, 6.07) is 10.4. The summed E-state index contributed by atoms with van der Waals surface area (Å²) in [5.74, 6) is -0.475. The van der Waals surface area contributed by atoms with Gasteiger partial charge in [0.2, 0.25) is 6.79 Å². The number of hydrogen-bond donors (Lipinski definition) is 1. The van der Waals surface area contributed by atoms with Crippen molar-refractivity contribution in [1.82, 2.24) is 0 Å². The fourth-order valence-corrected chi connectivity index (χ4v) is 4.64. The van der Waals surface area contributed by atoms with Crippen molar-refractivity contribution >= 4 is 11.9 Å². The zero-order valence-electron chi connectivity index (χ0n) is 27.1. The monoisotopic (exact) mass is 618 g/mol. The molecule has 0 radical (unpaired) electrons. The number of hydrogen-bond acceptors (Lipinski definition) is 11. The molecule has 2 aromatic rings. The fourth-order valence-electron chi connectivity index (χ4n) is 4.64. The lowest BCUT2D eigenvalue weighted by Gasteiger charge is -2.37. The van der Waals surface area contributed by atoms with Gasteiger partial charge in [0, 0.05) is 18.9 Å². The topological polar surface area (TPSA) is 128 Å². The van der Waals surface area contributed by atoms with Crippen LogP contribution in [0.3, 0.4) is 0 Å². The number of aliphatic hydroxyl groups is 1. The van der Waals surface area contributed by atoms with Crippen molar-refractivity contribution in [3.63, 3.8) is 0 Å². The molecule has 0 aliphatic carbocycles. The van der Waals surface area contributed by atoms with Crippen molar-refractivity contribution in [3.05, 3.63) is 47.5 Å². The average molecular weight is 619 g/mol. The van der Waals surface area contributed by atoms with Crippen LogP contribution in [0.15, 0.2) is 36.4 Å². The minimum absolute atomic E-state index is 0.0817. The number of esters is 2. The minimum Gasteiger partial charge on any atom is -0.493 e. The molecule has 1 aliphatic rings. The van der Waals surface area contributed by atoms with E-state index in [1.54, 1.807) is 71.9 Å². The van der Waals surface area contributed by atoms with Crippen LogP contribution in [0.5, 0.6) is 23.0 Å². The van der Waals surface area contributed by atoms with Crippen molar-refractivity contribution in [3.8, 4) is 23.0 Å². The van der Waals surface area contributed by atoms with Gasteiger partial charge in [0.1, 0.15) is 6.79 Å². The summed E-state index contributed by atoms with van der Waals surface area (Å²) in [6.07, 6.45) is -2.02. The zero-order valence-corrected chi connectivity index (χ0v) is 27.1. The van der Waals surface area contributed by atoms with Crippen LogP contribution in [-0.4, -0.2) is 65.2 Å². The van der Waals surface area contributed by atoms with Crippen LogP contribution in [0.25, 0.3) is 0 Å². The van der Waals surface area contributed by atoms with E-state index in [9.17, 15) is 14.7 Å². The van der Waals surface area contributed by atoms with E-state index >= 15 is 0 Å². The second-order valence-electron chi connectivity index (χ2n) is 12.7. The molecule has 0 bridgehead atoms. The van der Waals surface area contributed by atoms with Gasteiger partial charge in [-0.05, 0) is 76.9 Å². The van der Waals surface area contributed by atoms with Gasteiger partial charge in [0.25, 0.3) is 0 Å². The highest BCUT2D eigenvalue weighted by Crippen LogP contribution is 2.43. The largest absolute Gasteiger partial charge is 0.493 e. The Kier molecular flexibility index (Phi) is 11.9. The van der Waals surface area contributed by atoms with Crippen molar-refractivity contribution in [2.75, 3.05) is 48.1 Å². The Morgan fingerprint density at radius 2 is 1.34 bits per heavy atom. The van der Waals surface area contributed by atoms with E-state index in [1.807, 2.05) is 6.07 Å². The standard InChI is InChI=1S/C33H46O11/c1-32(2,3)30(35)40-16-22(28(34)20-10-12-24(38-8)26(14-20)39-9)23(17-41-31(36)33(4,5)6)29(44-18-37-7)21-11-13-25-27(15-21)43-19-42-25/h10-15,22-23,28-29,34H,16-19H2,1-9H3/t22-,23+,28+,29-/m0/s1. The fraction of sp³-hybridized carbons (Fsp3) is 0.576. The van der Waals surface area contributed by atoms with Gasteiger partial charge >= 0.3 is 11.9 Å². The van der Waals surface area contributed by atoms with E-state index < -0.39 is 46.8 Å². The predicted octanol–water partition coefficient (Wildman–Crippen LogP) is 5.24. The lowest BCUT2D eigenvalue weighted by Crippen LogP contribution is -2.38. The van der Waals surface area contributed by atoms with Crippen LogP contribution in [0.2, 0.25) is 0 Å². The molecular weight excluding hydrogens is 572 g/mol. The molecule has 1 heterocycles. The maximum absolute atomic E-state index is 13.0. The number of rotatable bonds is 14. The molecule has 0 saturated carbocycles. The molecule has 1 N–H and O–H groups in total. The van der Waals surface area contributed by atoms with Gasteiger partial charge < -0.3 is 43.0 Å². The molecule has 0 unspecified atom stereocenters. The maximum Gasteiger partial charge on any atom is 0.311 e. The van der Waals surface area contributed by atoms with Gasteiger partial charge in [-0.1, -0.05) is 12.1 Å². The van der Waals surface area contributed by atoms with Crippen LogP contribution in [0.4, 0.5) is 0 Å². The third-order valence-electron chi connectivity index (χ3n) is 7.22. The predicted molar refractivity (Wildman–Crippen MR) is 161 cm³/mol. The highest BCUT2D eigenvalue weighted by atomic mass is 16.7. The summed E-state index contributed by atoms with van der Waals surface area (Å²) < 4.78 is 45.1. The summed E-state index contributed by atoms with van der Waals surface area (Å²) >= 11 is 0. The second-order valence-corrected chi connectivity index (χ2v) is 12.7. The minimum atomic E-state index is -1.22. The Labute approximate surface area is 259 Å². The molecular formula is C33H46O11. The normalized spacial score (nSPS) is 15.6. The van der Waals surface area contributed by atoms with Crippen molar-refractivity contribution in [1.29, 1.82) is 0 Å². The Bertz CT molecular complexity index is 1260. The number of carbonyl (C=O) groups excluding carboxylic acids is 2. The summed E-state index contributed by atoms with van der Waals surface area (Å²) in [7, 11) is 4.51. The van der Waals surface area contributed by atoms with E-state index in [1.165, 1.54) is 21.3 Å². The van der Waals surface area contributed by atoms with Crippen LogP contribution < -0.4 is 18.9 Å². The molecule has 11 nitrogen and oxygen atoms in total. The van der Waals surface area contributed by atoms with Crippen LogP contribution in [0.1, 0.15) is 64.9 Å². The lowest BCUT2D eigenvalue weighted by atomic mass is 9.79. The lowest BCUT2D eigenvalue weighted by molar-refractivity contribution is -0.170. The Morgan fingerprint density at radius 1 is 0.773 bits per heavy atom. The number of benzene rings is 2. The van der Waals surface area contributed by atoms with Gasteiger partial charge in [-0.15, -0.1) is 0 Å². The first kappa shape index (κ1) is 34.9. The number of methoxy groups -OCH3 is 3. The van der Waals surface area contributed by atoms with E-state index in [0.29, 0.717) is 34.1 Å². The molecule has 1 aliphatic heterocycles. The molecule has 44 heavy (non-hydrogen) atoms. The maximum atomic E-state index is 13.0. The van der Waals surface area contributed by atoms with Gasteiger partial charge in [-0.3, -0.25) is 9.59 Å². The highest BCUT2D eigenvalue weighted by Gasteiger charge is 2.40. The third-order valence-corrected chi connectivity index (χ3v) is 7.22. The SMILES string of the molecule is COCO[C@@H](c1ccc2c(c1)OCO2)[C@H](COC(=O)C(C)(C)C)[C@H](COC(=O)C(C)(C)C)[C@H](O)c1ccc(OC)c(OC)c1. The number of carbonyl (C=O) groups is 2. The molecule has 0 amide bonds. The molecule has 0 fully saturated rings. The molecule has 0 spiro atoms. The van der Waals surface area contributed by atoms with E-state index in [0.717, 1.165) is 0 Å². The molecule has 2 aromatic carbocycles. The first-order chi connectivity index (χ1) is 20.7. The van der Waals surface area contributed by atoms with Crippen LogP contribution in [-0.2, 0) is 28.5 Å². The van der Waals surface area contributed by atoms with Crippen molar-refractivity contribution in [2.24, 2.45) is 22.7 Å². The third kappa shape index (κ3) is 8.77. The summed E-state index contributed by atoms with van der Waals surface area (Å²) in [4.78, 5) is 26.0. The molecule has 0 aromatic heterocycles. The smallest absolute Gasteiger partial charge is 0.311 e. The van der Waals surface area contributed by atoms with Gasteiger partial charge in [-0.25, -0.2) is 0 Å². The van der Waals surface area contributed by atoms with E-state index in [-0.39, 0.29) is 26.8 Å². The van der Waals surface area contributed by atoms with Crippen LogP contribution >= 0.6 is 0 Å². The van der Waals surface area contributed by atoms with Crippen LogP contribution in [0, 0.1) is 22.7 Å². The summed E-state index contributed by atoms with van der Waals surface area (Å²) in [5, 5.41) is 12.0. The van der Waals surface area contributed by atoms with Crippen molar-refractivity contribution in [2.45, 2.75) is 53.8 Å². The molecule has 244 valence electrons. The summed E-state index contributed by atoms with van der Waals surface area (Å²) in [6.45, 7) is 10.1. The van der Waals surface area contributed by atoms with Gasteiger partial charge in [0.05, 0.1) is 50.5 Å². The van der Waals surface area contributed by atoms with Crippen molar-refractivity contribution < 1.29 is 52.6 Å². The molecule has 4 atom stereocenters. The molecule has 0 saturated heterocycles. The highest BCUT2D eigenvalue weighted by molar-refractivity contribution is 5.75. The Hall–Kier alpha value is -3.54. The van der Waals surface area contributed by atoms with E-state index in [2.05, 4.69) is 0 Å². The number of aliphatic hydroxyl groups excluding tert-OH is 1. The average Bonchev–Trinajstić information content (AvgIpc) is 3.45. The van der Waals surface area contributed by atoms with E-state index in [4.69, 9.17) is 37.9 Å². The van der Waals surface area contributed by atoms with Gasteiger partial charge in [0.15, 0.2) is 23.0 Å². The van der Waals surface area contributed by atoms with Gasteiger partial charge in [-0.2, -0.15) is 0 Å². The second kappa shape index (κ2) is 15.0.